The van der Waals surface area contributed by atoms with Gasteiger partial charge in [0.15, 0.2) is 6.10 Å². The minimum atomic E-state index is -1.62. The molecule has 5 heteroatoms. The van der Waals surface area contributed by atoms with Crippen LogP contribution in [0.2, 0.25) is 0 Å². The maximum absolute atomic E-state index is 10.9. The highest BCUT2D eigenvalue weighted by molar-refractivity contribution is 6.68. The van der Waals surface area contributed by atoms with Gasteiger partial charge in [0, 0.05) is 13.3 Å². The van der Waals surface area contributed by atoms with E-state index in [0.717, 1.165) is 5.56 Å². The molecule has 0 saturated heterocycles. The molecule has 0 amide bonds. The fourth-order valence-corrected chi connectivity index (χ4v) is 1.62. The SMILES string of the molecule is CC(=O)OC(Cc1ccccc1)C(Cl)(Cl)Cl. The summed E-state index contributed by atoms with van der Waals surface area (Å²) < 4.78 is 3.36. The highest BCUT2D eigenvalue weighted by Gasteiger charge is 2.35. The molecule has 1 atom stereocenters. The molecule has 0 N–H and O–H groups in total. The number of alkyl halides is 3. The van der Waals surface area contributed by atoms with Crippen LogP contribution in [0.5, 0.6) is 0 Å². The molecule has 2 nitrogen and oxygen atoms in total. The van der Waals surface area contributed by atoms with Gasteiger partial charge < -0.3 is 4.74 Å². The predicted octanol–water partition coefficient (Wildman–Crippen LogP) is 3.53. The van der Waals surface area contributed by atoms with Crippen LogP contribution in [0.15, 0.2) is 30.3 Å². The van der Waals surface area contributed by atoms with Gasteiger partial charge in [-0.25, -0.2) is 0 Å². The van der Waals surface area contributed by atoms with Crippen LogP contribution in [0.1, 0.15) is 12.5 Å². The summed E-state index contributed by atoms with van der Waals surface area (Å²) in [6, 6.07) is 9.40. The van der Waals surface area contributed by atoms with Gasteiger partial charge in [0.2, 0.25) is 3.79 Å². The summed E-state index contributed by atoms with van der Waals surface area (Å²) in [5.74, 6) is -0.466. The largest absolute Gasteiger partial charge is 0.458 e. The maximum atomic E-state index is 10.9. The smallest absolute Gasteiger partial charge is 0.303 e. The Morgan fingerprint density at radius 2 is 1.88 bits per heavy atom. The third-order valence-electron chi connectivity index (χ3n) is 1.94. The number of hydrogen-bond acceptors (Lipinski definition) is 2. The van der Waals surface area contributed by atoms with Crippen molar-refractivity contribution in [1.82, 2.24) is 0 Å². The second-order valence-corrected chi connectivity index (χ2v) is 5.70. The van der Waals surface area contributed by atoms with Crippen LogP contribution in [0.4, 0.5) is 0 Å². The van der Waals surface area contributed by atoms with Gasteiger partial charge in [0.1, 0.15) is 0 Å². The predicted molar refractivity (Wildman–Crippen MR) is 66.0 cm³/mol. The Kier molecular flexibility index (Phi) is 4.90. The quantitative estimate of drug-likeness (QED) is 0.626. The Bertz CT molecular complexity index is 346. The number of halogens is 3. The molecule has 1 aromatic rings. The number of hydrogen-bond donors (Lipinski definition) is 0. The molecule has 1 rings (SSSR count). The summed E-state index contributed by atoms with van der Waals surface area (Å²) >= 11 is 17.2. The molecule has 1 unspecified atom stereocenters. The van der Waals surface area contributed by atoms with Crippen LogP contribution in [-0.4, -0.2) is 15.9 Å². The first-order chi connectivity index (χ1) is 7.39. The summed E-state index contributed by atoms with van der Waals surface area (Å²) in [7, 11) is 0. The molecule has 0 aliphatic rings. The Morgan fingerprint density at radius 3 is 2.31 bits per heavy atom. The van der Waals surface area contributed by atoms with Crippen molar-refractivity contribution >= 4 is 40.8 Å². The van der Waals surface area contributed by atoms with Crippen molar-refractivity contribution in [2.75, 3.05) is 0 Å². The number of carbonyl (C=O) groups is 1. The van der Waals surface area contributed by atoms with E-state index in [1.807, 2.05) is 30.3 Å². The number of ether oxygens (including phenoxy) is 1. The van der Waals surface area contributed by atoms with E-state index in [1.165, 1.54) is 6.92 Å². The van der Waals surface area contributed by atoms with Crippen LogP contribution >= 0.6 is 34.8 Å². The minimum Gasteiger partial charge on any atom is -0.458 e. The Hall–Kier alpha value is -0.440. The molecule has 0 aromatic heterocycles. The fourth-order valence-electron chi connectivity index (χ4n) is 1.25. The standard InChI is InChI=1S/C11H11Cl3O2/c1-8(15)16-10(11(12,13)14)7-9-5-3-2-4-6-9/h2-6,10H,7H2,1H3. The van der Waals surface area contributed by atoms with E-state index in [4.69, 9.17) is 39.5 Å². The van der Waals surface area contributed by atoms with Gasteiger partial charge in [-0.1, -0.05) is 65.1 Å². The lowest BCUT2D eigenvalue weighted by Gasteiger charge is -2.23. The third kappa shape index (κ3) is 4.60. The normalized spacial score (nSPS) is 13.2. The summed E-state index contributed by atoms with van der Waals surface area (Å²) in [6.07, 6.45) is -0.408. The topological polar surface area (TPSA) is 26.3 Å². The highest BCUT2D eigenvalue weighted by atomic mass is 35.6. The monoisotopic (exact) mass is 280 g/mol. The lowest BCUT2D eigenvalue weighted by atomic mass is 10.1. The summed E-state index contributed by atoms with van der Waals surface area (Å²) in [4.78, 5) is 10.9. The van der Waals surface area contributed by atoms with Gasteiger partial charge in [-0.2, -0.15) is 0 Å². The Labute approximate surface area is 109 Å². The summed E-state index contributed by atoms with van der Waals surface area (Å²) in [5.41, 5.74) is 0.945. The molecule has 0 spiro atoms. The van der Waals surface area contributed by atoms with E-state index in [-0.39, 0.29) is 0 Å². The lowest BCUT2D eigenvalue weighted by Crippen LogP contribution is -2.32. The first-order valence-corrected chi connectivity index (χ1v) is 5.81. The molecule has 1 aromatic carbocycles. The minimum absolute atomic E-state index is 0.372. The molecule has 0 saturated carbocycles. The fraction of sp³-hybridized carbons (Fsp3) is 0.364. The van der Waals surface area contributed by atoms with Crippen LogP contribution < -0.4 is 0 Å². The zero-order valence-corrected chi connectivity index (χ0v) is 10.9. The van der Waals surface area contributed by atoms with E-state index >= 15 is 0 Å². The van der Waals surface area contributed by atoms with Crippen LogP contribution in [0.3, 0.4) is 0 Å². The van der Waals surface area contributed by atoms with Crippen molar-refractivity contribution in [1.29, 1.82) is 0 Å². The number of esters is 1. The first-order valence-electron chi connectivity index (χ1n) is 4.67. The van der Waals surface area contributed by atoms with E-state index in [9.17, 15) is 4.79 Å². The van der Waals surface area contributed by atoms with Crippen molar-refractivity contribution in [3.05, 3.63) is 35.9 Å². The molecule has 16 heavy (non-hydrogen) atoms. The van der Waals surface area contributed by atoms with Crippen molar-refractivity contribution in [3.63, 3.8) is 0 Å². The van der Waals surface area contributed by atoms with Gasteiger partial charge in [-0.3, -0.25) is 4.79 Å². The number of carbonyl (C=O) groups excluding carboxylic acids is 1. The third-order valence-corrected chi connectivity index (χ3v) is 2.67. The zero-order valence-electron chi connectivity index (χ0n) is 8.62. The molecular weight excluding hydrogens is 270 g/mol. The molecule has 0 radical (unpaired) electrons. The van der Waals surface area contributed by atoms with E-state index < -0.39 is 15.9 Å². The molecular formula is C11H11Cl3O2. The van der Waals surface area contributed by atoms with Gasteiger partial charge in [-0.05, 0) is 5.56 Å². The van der Waals surface area contributed by atoms with Crippen molar-refractivity contribution in [2.45, 2.75) is 23.2 Å². The average Bonchev–Trinajstić information content (AvgIpc) is 2.16. The zero-order chi connectivity index (χ0) is 12.2. The van der Waals surface area contributed by atoms with Gasteiger partial charge in [0.05, 0.1) is 0 Å². The van der Waals surface area contributed by atoms with E-state index in [2.05, 4.69) is 0 Å². The average molecular weight is 282 g/mol. The Morgan fingerprint density at radius 1 is 1.31 bits per heavy atom. The van der Waals surface area contributed by atoms with Gasteiger partial charge in [0.25, 0.3) is 0 Å². The van der Waals surface area contributed by atoms with Crippen LogP contribution in [0, 0.1) is 0 Å². The summed E-state index contributed by atoms with van der Waals surface area (Å²) in [5, 5.41) is 0. The van der Waals surface area contributed by atoms with E-state index in [0.29, 0.717) is 6.42 Å². The second-order valence-electron chi connectivity index (χ2n) is 3.33. The van der Waals surface area contributed by atoms with E-state index in [1.54, 1.807) is 0 Å². The molecule has 88 valence electrons. The molecule has 0 bridgehead atoms. The molecule has 0 heterocycles. The number of benzene rings is 1. The van der Waals surface area contributed by atoms with Crippen molar-refractivity contribution in [2.24, 2.45) is 0 Å². The number of rotatable bonds is 3. The van der Waals surface area contributed by atoms with Crippen molar-refractivity contribution < 1.29 is 9.53 Å². The van der Waals surface area contributed by atoms with Crippen molar-refractivity contribution in [3.8, 4) is 0 Å². The van der Waals surface area contributed by atoms with Crippen LogP contribution in [-0.2, 0) is 16.0 Å². The molecule has 0 aliphatic carbocycles. The molecule has 0 aliphatic heterocycles. The molecule has 0 fully saturated rings. The summed E-state index contributed by atoms with van der Waals surface area (Å²) in [6.45, 7) is 1.29. The van der Waals surface area contributed by atoms with Gasteiger partial charge in [-0.15, -0.1) is 0 Å². The maximum Gasteiger partial charge on any atom is 0.303 e. The first kappa shape index (κ1) is 13.6. The second kappa shape index (κ2) is 5.76. The van der Waals surface area contributed by atoms with Gasteiger partial charge >= 0.3 is 5.97 Å². The van der Waals surface area contributed by atoms with Crippen LogP contribution in [0.25, 0.3) is 0 Å². The highest BCUT2D eigenvalue weighted by Crippen LogP contribution is 2.34. The lowest BCUT2D eigenvalue weighted by molar-refractivity contribution is -0.146. The Balaban J connectivity index is 2.75.